The van der Waals surface area contributed by atoms with Gasteiger partial charge in [-0.3, -0.25) is 9.48 Å². The lowest BCUT2D eigenvalue weighted by molar-refractivity contribution is -0.123. The van der Waals surface area contributed by atoms with Crippen molar-refractivity contribution in [3.05, 3.63) is 54.2 Å². The Balaban J connectivity index is 1.60. The largest absolute Gasteiger partial charge is 0.493 e. The van der Waals surface area contributed by atoms with Gasteiger partial charge in [0.1, 0.15) is 11.7 Å². The molecule has 10 nitrogen and oxygen atoms in total. The molecule has 0 saturated heterocycles. The molecule has 1 atom stereocenters. The van der Waals surface area contributed by atoms with Crippen LogP contribution in [0.4, 0.5) is 0 Å². The molecule has 0 fully saturated rings. The molecule has 2 aromatic carbocycles. The Bertz CT molecular complexity index is 1260. The Morgan fingerprint density at radius 1 is 1.06 bits per heavy atom. The van der Waals surface area contributed by atoms with Crippen LogP contribution in [0.2, 0.25) is 0 Å². The van der Waals surface area contributed by atoms with Gasteiger partial charge in [0.05, 0.1) is 31.9 Å². The molecule has 0 unspecified atom stereocenters. The third-order valence-electron chi connectivity index (χ3n) is 5.42. The molecule has 0 saturated carbocycles. The smallest absolute Gasteiger partial charge is 0.241 e. The predicted octanol–water partition coefficient (Wildman–Crippen LogP) is 2.39. The van der Waals surface area contributed by atoms with Gasteiger partial charge in [0.15, 0.2) is 11.5 Å². The van der Waals surface area contributed by atoms with Crippen molar-refractivity contribution in [2.75, 3.05) is 20.8 Å². The molecule has 1 heterocycles. The van der Waals surface area contributed by atoms with E-state index in [-0.39, 0.29) is 17.4 Å². The number of carbonyl (C=O) groups is 1. The summed E-state index contributed by atoms with van der Waals surface area (Å²) in [6.45, 7) is 6.06. The molecule has 0 bridgehead atoms. The van der Waals surface area contributed by atoms with E-state index in [4.69, 9.17) is 9.47 Å². The van der Waals surface area contributed by atoms with E-state index >= 15 is 0 Å². The van der Waals surface area contributed by atoms with Crippen molar-refractivity contribution in [2.45, 2.75) is 38.3 Å². The molecule has 0 aliphatic rings. The Morgan fingerprint density at radius 2 is 1.74 bits per heavy atom. The topological polar surface area (TPSA) is 124 Å². The van der Waals surface area contributed by atoms with Gasteiger partial charge in [-0.2, -0.15) is 4.72 Å². The first kappa shape index (κ1) is 26.2. The number of nitrogens with one attached hydrogen (secondary N) is 2. The number of rotatable bonds is 11. The van der Waals surface area contributed by atoms with Crippen LogP contribution in [0.5, 0.6) is 11.5 Å². The van der Waals surface area contributed by atoms with Crippen LogP contribution in [0.1, 0.15) is 19.4 Å². The Kier molecular flexibility index (Phi) is 8.47. The maximum Gasteiger partial charge on any atom is 0.241 e. The van der Waals surface area contributed by atoms with Crippen molar-refractivity contribution >= 4 is 15.9 Å². The number of methoxy groups -OCH3 is 2. The van der Waals surface area contributed by atoms with Gasteiger partial charge in [-0.1, -0.05) is 36.8 Å². The highest BCUT2D eigenvalue weighted by molar-refractivity contribution is 7.89. The van der Waals surface area contributed by atoms with Crippen LogP contribution >= 0.6 is 0 Å². The van der Waals surface area contributed by atoms with Crippen LogP contribution in [0.3, 0.4) is 0 Å². The highest BCUT2D eigenvalue weighted by atomic mass is 32.2. The highest BCUT2D eigenvalue weighted by Crippen LogP contribution is 2.31. The van der Waals surface area contributed by atoms with Crippen LogP contribution in [0.25, 0.3) is 11.3 Å². The molecule has 188 valence electrons. The molecule has 3 rings (SSSR count). The van der Waals surface area contributed by atoms with Gasteiger partial charge < -0.3 is 14.8 Å². The highest BCUT2D eigenvalue weighted by Gasteiger charge is 2.28. The molecule has 11 heteroatoms. The van der Waals surface area contributed by atoms with E-state index in [1.807, 2.05) is 19.1 Å². The van der Waals surface area contributed by atoms with Gasteiger partial charge in [0.25, 0.3) is 0 Å². The number of hydrogen-bond donors (Lipinski definition) is 2. The number of benzene rings is 2. The van der Waals surface area contributed by atoms with Crippen LogP contribution in [0, 0.1) is 12.8 Å². The summed E-state index contributed by atoms with van der Waals surface area (Å²) < 4.78 is 40.2. The zero-order chi connectivity index (χ0) is 25.6. The van der Waals surface area contributed by atoms with Crippen LogP contribution in [0.15, 0.2) is 53.6 Å². The number of aromatic nitrogens is 3. The average Bonchev–Trinajstić information content (AvgIpc) is 3.31. The summed E-state index contributed by atoms with van der Waals surface area (Å²) in [4.78, 5) is 12.9. The molecule has 0 aliphatic heterocycles. The first-order chi connectivity index (χ1) is 16.6. The van der Waals surface area contributed by atoms with Crippen molar-refractivity contribution in [3.8, 4) is 22.8 Å². The summed E-state index contributed by atoms with van der Waals surface area (Å²) in [5.74, 6) is 0.540. The minimum absolute atomic E-state index is 0.117. The summed E-state index contributed by atoms with van der Waals surface area (Å²) >= 11 is 0. The van der Waals surface area contributed by atoms with Crippen molar-refractivity contribution in [2.24, 2.45) is 5.92 Å². The second-order valence-electron chi connectivity index (χ2n) is 8.38. The third-order valence-corrected chi connectivity index (χ3v) is 6.88. The number of nitrogens with zero attached hydrogens (tertiary/aromatic N) is 3. The molecule has 0 aliphatic carbocycles. The third kappa shape index (κ3) is 6.58. The van der Waals surface area contributed by atoms with Crippen LogP contribution < -0.4 is 19.5 Å². The standard InChI is InChI=1S/C24H31N5O5S/c1-16(2)23(27-35(31,32)19-9-6-17(3)7-10-19)24(30)25-12-13-29-15-20(26-28-29)18-8-11-21(33-4)22(14-18)34-5/h6-11,14-16,23,27H,12-13H2,1-5H3,(H,25,30)/t23-/m0/s1. The van der Waals surface area contributed by atoms with Crippen LogP contribution in [-0.2, 0) is 21.4 Å². The SMILES string of the molecule is COc1ccc(-c2cn(CCNC(=O)[C@@H](NS(=O)(=O)c3ccc(C)cc3)C(C)C)nn2)cc1OC. The fourth-order valence-electron chi connectivity index (χ4n) is 3.38. The van der Waals surface area contributed by atoms with E-state index in [0.717, 1.165) is 11.1 Å². The zero-order valence-electron chi connectivity index (χ0n) is 20.5. The molecule has 1 amide bonds. The molecule has 0 spiro atoms. The lowest BCUT2D eigenvalue weighted by Gasteiger charge is -2.21. The van der Waals surface area contributed by atoms with Crippen molar-refractivity contribution in [3.63, 3.8) is 0 Å². The van der Waals surface area contributed by atoms with E-state index in [1.165, 1.54) is 12.1 Å². The van der Waals surface area contributed by atoms with Crippen molar-refractivity contribution < 1.29 is 22.7 Å². The maximum atomic E-state index is 12.8. The minimum atomic E-state index is -3.84. The Morgan fingerprint density at radius 3 is 2.37 bits per heavy atom. The maximum absolute atomic E-state index is 12.8. The van der Waals surface area contributed by atoms with E-state index in [2.05, 4.69) is 20.4 Å². The van der Waals surface area contributed by atoms with E-state index in [9.17, 15) is 13.2 Å². The van der Waals surface area contributed by atoms with E-state index in [0.29, 0.717) is 23.7 Å². The number of sulfonamides is 1. The van der Waals surface area contributed by atoms with E-state index in [1.54, 1.807) is 57.1 Å². The number of ether oxygens (including phenoxy) is 2. The van der Waals surface area contributed by atoms with Crippen molar-refractivity contribution in [1.82, 2.24) is 25.0 Å². The number of hydrogen-bond acceptors (Lipinski definition) is 7. The molecule has 0 radical (unpaired) electrons. The van der Waals surface area contributed by atoms with Crippen molar-refractivity contribution in [1.29, 1.82) is 0 Å². The number of aryl methyl sites for hydroxylation is 1. The van der Waals surface area contributed by atoms with Gasteiger partial charge in [-0.05, 0) is 43.2 Å². The van der Waals surface area contributed by atoms with Gasteiger partial charge in [-0.25, -0.2) is 8.42 Å². The van der Waals surface area contributed by atoms with Crippen LogP contribution in [-0.4, -0.2) is 56.1 Å². The lowest BCUT2D eigenvalue weighted by Crippen LogP contribution is -2.50. The molecule has 2 N–H and O–H groups in total. The normalized spacial score (nSPS) is 12.4. The second kappa shape index (κ2) is 11.3. The molecule has 3 aromatic rings. The van der Waals surface area contributed by atoms with Gasteiger partial charge >= 0.3 is 0 Å². The van der Waals surface area contributed by atoms with Gasteiger partial charge in [0.2, 0.25) is 15.9 Å². The fraction of sp³-hybridized carbons (Fsp3) is 0.375. The molecule has 35 heavy (non-hydrogen) atoms. The summed E-state index contributed by atoms with van der Waals surface area (Å²) in [5, 5.41) is 11.1. The molecular weight excluding hydrogens is 470 g/mol. The Hall–Kier alpha value is -3.44. The number of carbonyl (C=O) groups excluding carboxylic acids is 1. The quantitative estimate of drug-likeness (QED) is 0.413. The zero-order valence-corrected chi connectivity index (χ0v) is 21.3. The fourth-order valence-corrected chi connectivity index (χ4v) is 4.73. The molecular formula is C24H31N5O5S. The summed E-state index contributed by atoms with van der Waals surface area (Å²) in [6, 6.07) is 11.0. The average molecular weight is 502 g/mol. The van der Waals surface area contributed by atoms with E-state index < -0.39 is 22.0 Å². The first-order valence-electron chi connectivity index (χ1n) is 11.1. The molecule has 1 aromatic heterocycles. The summed E-state index contributed by atoms with van der Waals surface area (Å²) in [6.07, 6.45) is 1.76. The van der Waals surface area contributed by atoms with Gasteiger partial charge in [-0.15, -0.1) is 5.10 Å². The monoisotopic (exact) mass is 501 g/mol. The number of amides is 1. The second-order valence-corrected chi connectivity index (χ2v) is 10.1. The summed E-state index contributed by atoms with van der Waals surface area (Å²) in [5.41, 5.74) is 2.40. The van der Waals surface area contributed by atoms with Gasteiger partial charge in [0, 0.05) is 12.1 Å². The lowest BCUT2D eigenvalue weighted by atomic mass is 10.1. The first-order valence-corrected chi connectivity index (χ1v) is 12.6. The minimum Gasteiger partial charge on any atom is -0.493 e. The summed E-state index contributed by atoms with van der Waals surface area (Å²) in [7, 11) is -0.708. The Labute approximate surface area is 205 Å². The predicted molar refractivity (Wildman–Crippen MR) is 132 cm³/mol.